The van der Waals surface area contributed by atoms with Crippen molar-refractivity contribution in [1.29, 1.82) is 0 Å². The quantitative estimate of drug-likeness (QED) is 0.812. The van der Waals surface area contributed by atoms with E-state index in [0.29, 0.717) is 26.2 Å². The normalized spacial score (nSPS) is 18.8. The number of piperazine rings is 1. The fraction of sp³-hybridized carbons (Fsp3) is 0.500. The van der Waals surface area contributed by atoms with Crippen molar-refractivity contribution in [3.05, 3.63) is 24.3 Å². The SMILES string of the molecule is CCN1CCN(S(=O)(=O)c2cccc(S(N)(=O)=O)c2)CC1. The molecule has 0 aromatic heterocycles. The third kappa shape index (κ3) is 3.61. The predicted octanol–water partition coefficient (Wildman–Crippen LogP) is -0.340. The highest BCUT2D eigenvalue weighted by molar-refractivity contribution is 7.90. The van der Waals surface area contributed by atoms with Gasteiger partial charge in [-0.15, -0.1) is 0 Å². The first kappa shape index (κ1) is 16.4. The highest BCUT2D eigenvalue weighted by atomic mass is 32.2. The van der Waals surface area contributed by atoms with Crippen LogP contribution in [0.5, 0.6) is 0 Å². The monoisotopic (exact) mass is 333 g/mol. The van der Waals surface area contributed by atoms with E-state index in [1.807, 2.05) is 6.92 Å². The van der Waals surface area contributed by atoms with E-state index in [-0.39, 0.29) is 9.79 Å². The Labute approximate surface area is 125 Å². The second-order valence-corrected chi connectivity index (χ2v) is 8.36. The first-order valence-corrected chi connectivity index (χ1v) is 9.59. The van der Waals surface area contributed by atoms with Crippen LogP contribution in [0, 0.1) is 0 Å². The van der Waals surface area contributed by atoms with Crippen molar-refractivity contribution in [1.82, 2.24) is 9.21 Å². The fourth-order valence-electron chi connectivity index (χ4n) is 2.25. The van der Waals surface area contributed by atoms with Gasteiger partial charge in [0.1, 0.15) is 0 Å². The Kier molecular flexibility index (Phi) is 4.69. The van der Waals surface area contributed by atoms with E-state index in [1.54, 1.807) is 0 Å². The van der Waals surface area contributed by atoms with Gasteiger partial charge >= 0.3 is 0 Å². The Morgan fingerprint density at radius 2 is 1.62 bits per heavy atom. The highest BCUT2D eigenvalue weighted by Gasteiger charge is 2.28. The van der Waals surface area contributed by atoms with Gasteiger partial charge in [0.2, 0.25) is 20.0 Å². The molecule has 1 aliphatic heterocycles. The van der Waals surface area contributed by atoms with E-state index >= 15 is 0 Å². The van der Waals surface area contributed by atoms with Gasteiger partial charge in [-0.05, 0) is 24.7 Å². The molecule has 0 saturated carbocycles. The summed E-state index contributed by atoms with van der Waals surface area (Å²) in [5, 5.41) is 5.04. The Hall–Kier alpha value is -1.00. The molecule has 1 heterocycles. The van der Waals surface area contributed by atoms with Gasteiger partial charge < -0.3 is 4.90 Å². The average molecular weight is 333 g/mol. The molecule has 2 N–H and O–H groups in total. The molecule has 118 valence electrons. The van der Waals surface area contributed by atoms with Crippen LogP contribution in [0.2, 0.25) is 0 Å². The zero-order valence-electron chi connectivity index (χ0n) is 11.8. The zero-order valence-corrected chi connectivity index (χ0v) is 13.4. The van der Waals surface area contributed by atoms with Gasteiger partial charge in [-0.1, -0.05) is 13.0 Å². The number of likely N-dealkylation sites (N-methyl/N-ethyl adjacent to an activating group) is 1. The molecule has 2 rings (SSSR count). The van der Waals surface area contributed by atoms with Crippen LogP contribution < -0.4 is 5.14 Å². The van der Waals surface area contributed by atoms with Crippen molar-refractivity contribution in [3.63, 3.8) is 0 Å². The average Bonchev–Trinajstić information content (AvgIpc) is 2.46. The molecule has 1 fully saturated rings. The van der Waals surface area contributed by atoms with Crippen molar-refractivity contribution >= 4 is 20.0 Å². The summed E-state index contributed by atoms with van der Waals surface area (Å²) in [4.78, 5) is 1.92. The molecule has 0 amide bonds. The first-order chi connectivity index (χ1) is 9.75. The summed E-state index contributed by atoms with van der Waals surface area (Å²) >= 11 is 0. The third-order valence-corrected chi connectivity index (χ3v) is 6.36. The van der Waals surface area contributed by atoms with Gasteiger partial charge in [-0.2, -0.15) is 4.31 Å². The molecule has 0 spiro atoms. The number of hydrogen-bond donors (Lipinski definition) is 1. The van der Waals surface area contributed by atoms with Gasteiger partial charge in [0.25, 0.3) is 0 Å². The van der Waals surface area contributed by atoms with E-state index in [1.165, 1.54) is 22.5 Å². The van der Waals surface area contributed by atoms with Gasteiger partial charge in [-0.25, -0.2) is 22.0 Å². The van der Waals surface area contributed by atoms with Crippen molar-refractivity contribution in [3.8, 4) is 0 Å². The molecule has 9 heteroatoms. The molecule has 0 aliphatic carbocycles. The topological polar surface area (TPSA) is 101 Å². The summed E-state index contributed by atoms with van der Waals surface area (Å²) in [5.41, 5.74) is 0. The van der Waals surface area contributed by atoms with Crippen LogP contribution >= 0.6 is 0 Å². The van der Waals surface area contributed by atoms with Gasteiger partial charge in [0.15, 0.2) is 0 Å². The molecular weight excluding hydrogens is 314 g/mol. The van der Waals surface area contributed by atoms with Crippen molar-refractivity contribution in [2.24, 2.45) is 5.14 Å². The smallest absolute Gasteiger partial charge is 0.243 e. The van der Waals surface area contributed by atoms with E-state index in [0.717, 1.165) is 12.6 Å². The van der Waals surface area contributed by atoms with E-state index in [9.17, 15) is 16.8 Å². The molecule has 0 unspecified atom stereocenters. The maximum Gasteiger partial charge on any atom is 0.243 e. The number of hydrogen-bond acceptors (Lipinski definition) is 5. The maximum absolute atomic E-state index is 12.5. The minimum atomic E-state index is -3.92. The van der Waals surface area contributed by atoms with Crippen molar-refractivity contribution in [2.75, 3.05) is 32.7 Å². The number of nitrogens with zero attached hydrogens (tertiary/aromatic N) is 2. The van der Waals surface area contributed by atoms with Gasteiger partial charge in [0, 0.05) is 26.2 Å². The van der Waals surface area contributed by atoms with Gasteiger partial charge in [0.05, 0.1) is 9.79 Å². The number of sulfonamides is 2. The van der Waals surface area contributed by atoms with Crippen molar-refractivity contribution < 1.29 is 16.8 Å². The van der Waals surface area contributed by atoms with Crippen LogP contribution in [0.4, 0.5) is 0 Å². The van der Waals surface area contributed by atoms with Crippen LogP contribution in [0.15, 0.2) is 34.1 Å². The maximum atomic E-state index is 12.5. The third-order valence-electron chi connectivity index (χ3n) is 3.55. The largest absolute Gasteiger partial charge is 0.301 e. The predicted molar refractivity (Wildman–Crippen MR) is 78.7 cm³/mol. The van der Waals surface area contributed by atoms with Crippen molar-refractivity contribution in [2.45, 2.75) is 16.7 Å². The molecule has 7 nitrogen and oxygen atoms in total. The number of rotatable bonds is 4. The lowest BCUT2D eigenvalue weighted by atomic mass is 10.4. The van der Waals surface area contributed by atoms with Crippen LogP contribution in [-0.4, -0.2) is 58.8 Å². The summed E-state index contributed by atoms with van der Waals surface area (Å²) in [6.45, 7) is 5.05. The summed E-state index contributed by atoms with van der Waals surface area (Å²) in [5.74, 6) is 0. The van der Waals surface area contributed by atoms with Crippen LogP contribution in [0.25, 0.3) is 0 Å². The molecular formula is C12H19N3O4S2. The van der Waals surface area contributed by atoms with E-state index in [4.69, 9.17) is 5.14 Å². The van der Waals surface area contributed by atoms with Crippen LogP contribution in [-0.2, 0) is 20.0 Å². The minimum Gasteiger partial charge on any atom is -0.301 e. The van der Waals surface area contributed by atoms with E-state index < -0.39 is 20.0 Å². The standard InChI is InChI=1S/C12H19N3O4S2/c1-2-14-6-8-15(9-7-14)21(18,19)12-5-3-4-11(10-12)20(13,16)17/h3-5,10H,2,6-9H2,1H3,(H2,13,16,17). The first-order valence-electron chi connectivity index (χ1n) is 6.60. The Morgan fingerprint density at radius 3 is 2.14 bits per heavy atom. The lowest BCUT2D eigenvalue weighted by Crippen LogP contribution is -2.48. The molecule has 21 heavy (non-hydrogen) atoms. The molecule has 0 radical (unpaired) electrons. The molecule has 0 atom stereocenters. The molecule has 1 aliphatic rings. The second-order valence-electron chi connectivity index (χ2n) is 4.86. The number of primary sulfonamides is 1. The molecule has 1 saturated heterocycles. The number of benzene rings is 1. The zero-order chi connectivity index (χ0) is 15.7. The highest BCUT2D eigenvalue weighted by Crippen LogP contribution is 2.20. The minimum absolute atomic E-state index is 0.0426. The van der Waals surface area contributed by atoms with Crippen LogP contribution in [0.1, 0.15) is 6.92 Å². The summed E-state index contributed by atoms with van der Waals surface area (Å²) in [7, 11) is -7.61. The second kappa shape index (κ2) is 6.01. The molecule has 0 bridgehead atoms. The Balaban J connectivity index is 2.29. The fourth-order valence-corrected chi connectivity index (χ4v) is 4.35. The summed E-state index contributed by atoms with van der Waals surface area (Å²) < 4.78 is 49.1. The summed E-state index contributed by atoms with van der Waals surface area (Å²) in [6.07, 6.45) is 0. The Bertz CT molecular complexity index is 708. The molecule has 1 aromatic carbocycles. The molecule has 1 aromatic rings. The number of nitrogens with two attached hydrogens (primary N) is 1. The van der Waals surface area contributed by atoms with Crippen LogP contribution in [0.3, 0.4) is 0 Å². The lowest BCUT2D eigenvalue weighted by Gasteiger charge is -2.33. The summed E-state index contributed by atoms with van der Waals surface area (Å²) in [6, 6.07) is 5.16. The lowest BCUT2D eigenvalue weighted by molar-refractivity contribution is 0.196. The van der Waals surface area contributed by atoms with Gasteiger partial charge in [-0.3, -0.25) is 0 Å². The Morgan fingerprint density at radius 1 is 1.05 bits per heavy atom. The van der Waals surface area contributed by atoms with E-state index in [2.05, 4.69) is 4.90 Å².